The van der Waals surface area contributed by atoms with E-state index in [2.05, 4.69) is 14.8 Å². The molecule has 0 amide bonds. The summed E-state index contributed by atoms with van der Waals surface area (Å²) >= 11 is 0. The summed E-state index contributed by atoms with van der Waals surface area (Å²) in [4.78, 5) is 19.9. The lowest BCUT2D eigenvalue weighted by Gasteiger charge is -2.40. The highest BCUT2D eigenvalue weighted by atomic mass is 19.1. The Bertz CT molecular complexity index is 837. The number of benzene rings is 1. The molecule has 0 spiro atoms. The Balaban J connectivity index is 1.42. The average molecular weight is 359 g/mol. The van der Waals surface area contributed by atoms with Gasteiger partial charge >= 0.3 is 0 Å². The number of para-hydroxylation sites is 1. The highest BCUT2D eigenvalue weighted by molar-refractivity contribution is 5.78. The molecule has 140 valence electrons. The van der Waals surface area contributed by atoms with Crippen LogP contribution in [0.25, 0.3) is 10.9 Å². The van der Waals surface area contributed by atoms with Crippen molar-refractivity contribution >= 4 is 10.9 Å². The lowest BCUT2D eigenvalue weighted by Crippen LogP contribution is -2.50. The number of H-pyrrole nitrogens is 1. The van der Waals surface area contributed by atoms with E-state index in [1.807, 2.05) is 0 Å². The minimum atomic E-state index is -0.607. The summed E-state index contributed by atoms with van der Waals surface area (Å²) in [5, 5.41) is 11.2. The Morgan fingerprint density at radius 1 is 1.12 bits per heavy atom. The van der Waals surface area contributed by atoms with Crippen molar-refractivity contribution in [3.63, 3.8) is 0 Å². The van der Waals surface area contributed by atoms with E-state index < -0.39 is 11.4 Å². The first-order chi connectivity index (χ1) is 12.5. The minimum Gasteiger partial charge on any atom is -0.388 e. The number of aliphatic hydroxyl groups is 1. The Hall–Kier alpha value is -1.76. The van der Waals surface area contributed by atoms with Crippen molar-refractivity contribution in [1.82, 2.24) is 14.8 Å². The molecule has 6 heteroatoms. The van der Waals surface area contributed by atoms with Gasteiger partial charge < -0.3 is 15.0 Å². The van der Waals surface area contributed by atoms with Crippen molar-refractivity contribution in [2.45, 2.75) is 37.8 Å². The molecule has 2 saturated heterocycles. The third kappa shape index (κ3) is 3.68. The van der Waals surface area contributed by atoms with Gasteiger partial charge in [-0.1, -0.05) is 6.07 Å². The van der Waals surface area contributed by atoms with Gasteiger partial charge in [0.2, 0.25) is 0 Å². The van der Waals surface area contributed by atoms with Crippen LogP contribution in [0.5, 0.6) is 0 Å². The third-order valence-electron chi connectivity index (χ3n) is 5.77. The van der Waals surface area contributed by atoms with E-state index in [9.17, 15) is 14.3 Å². The number of aromatic nitrogens is 1. The molecule has 2 fully saturated rings. The van der Waals surface area contributed by atoms with Gasteiger partial charge in [-0.15, -0.1) is 0 Å². The van der Waals surface area contributed by atoms with Crippen molar-refractivity contribution < 1.29 is 9.50 Å². The first-order valence-electron chi connectivity index (χ1n) is 9.50. The molecule has 26 heavy (non-hydrogen) atoms. The Morgan fingerprint density at radius 2 is 1.85 bits per heavy atom. The number of piperidine rings is 1. The fourth-order valence-electron chi connectivity index (χ4n) is 4.26. The van der Waals surface area contributed by atoms with Crippen LogP contribution in [0, 0.1) is 5.82 Å². The number of nitrogens with zero attached hydrogens (tertiary/aromatic N) is 2. The molecule has 2 aliphatic rings. The topological polar surface area (TPSA) is 59.6 Å². The van der Waals surface area contributed by atoms with E-state index in [1.165, 1.54) is 18.9 Å². The molecule has 2 aliphatic heterocycles. The van der Waals surface area contributed by atoms with Crippen LogP contribution in [0.1, 0.15) is 31.4 Å². The first kappa shape index (κ1) is 17.6. The van der Waals surface area contributed by atoms with E-state index in [0.29, 0.717) is 11.9 Å². The molecule has 0 radical (unpaired) electrons. The monoisotopic (exact) mass is 359 g/mol. The fourth-order valence-corrected chi connectivity index (χ4v) is 4.26. The SMILES string of the molecule is O=c1cc(CN2CCC(O)(CN3CCCC3)CC2)[nH]c2c(F)cccc12. The second-order valence-corrected chi connectivity index (χ2v) is 7.80. The number of rotatable bonds is 4. The number of pyridine rings is 1. The average Bonchev–Trinajstić information content (AvgIpc) is 3.11. The molecule has 2 N–H and O–H groups in total. The molecule has 4 rings (SSSR count). The van der Waals surface area contributed by atoms with E-state index in [-0.39, 0.29) is 10.9 Å². The number of β-amino-alcohol motifs (C(OH)–C–C–N with tert-alkyl or cyclic N) is 1. The van der Waals surface area contributed by atoms with Crippen LogP contribution in [0.3, 0.4) is 0 Å². The highest BCUT2D eigenvalue weighted by Crippen LogP contribution is 2.26. The summed E-state index contributed by atoms with van der Waals surface area (Å²) < 4.78 is 14.0. The molecule has 0 bridgehead atoms. The van der Waals surface area contributed by atoms with Crippen LogP contribution in [0.2, 0.25) is 0 Å². The fraction of sp³-hybridized carbons (Fsp3) is 0.550. The van der Waals surface area contributed by atoms with Crippen molar-refractivity contribution in [2.75, 3.05) is 32.7 Å². The predicted octanol–water partition coefficient (Wildman–Crippen LogP) is 2.09. The lowest BCUT2D eigenvalue weighted by atomic mass is 9.90. The zero-order chi connectivity index (χ0) is 18.1. The zero-order valence-corrected chi connectivity index (χ0v) is 15.0. The number of nitrogens with one attached hydrogen (secondary N) is 1. The maximum atomic E-state index is 14.0. The maximum Gasteiger partial charge on any atom is 0.189 e. The molecule has 0 saturated carbocycles. The molecule has 0 atom stereocenters. The summed E-state index contributed by atoms with van der Waals surface area (Å²) in [6.07, 6.45) is 3.92. The summed E-state index contributed by atoms with van der Waals surface area (Å²) in [5.41, 5.74) is 0.231. The standard InChI is InChI=1S/C20H26FN3O2/c21-17-5-3-4-16-18(25)12-15(22-19(16)17)13-23-10-6-20(26,7-11-23)14-24-8-1-2-9-24/h3-5,12,26H,1-2,6-11,13-14H2,(H,22,25). The summed E-state index contributed by atoms with van der Waals surface area (Å²) in [6, 6.07) is 6.12. The molecular weight excluding hydrogens is 333 g/mol. The summed E-state index contributed by atoms with van der Waals surface area (Å²) in [6.45, 7) is 5.08. The highest BCUT2D eigenvalue weighted by Gasteiger charge is 2.34. The first-order valence-corrected chi connectivity index (χ1v) is 9.50. The molecule has 5 nitrogen and oxygen atoms in total. The molecule has 1 aromatic carbocycles. The molecule has 2 aromatic rings. The molecule has 0 aliphatic carbocycles. The van der Waals surface area contributed by atoms with Crippen molar-refractivity contribution in [1.29, 1.82) is 0 Å². The van der Waals surface area contributed by atoms with Crippen LogP contribution in [-0.2, 0) is 6.54 Å². The third-order valence-corrected chi connectivity index (χ3v) is 5.77. The van der Waals surface area contributed by atoms with Gasteiger partial charge in [-0.05, 0) is 50.9 Å². The molecule has 0 unspecified atom stereocenters. The Kier molecular flexibility index (Phi) is 4.82. The number of fused-ring (bicyclic) bond motifs is 1. The quantitative estimate of drug-likeness (QED) is 0.878. The second-order valence-electron chi connectivity index (χ2n) is 7.80. The van der Waals surface area contributed by atoms with Gasteiger partial charge in [0, 0.05) is 43.3 Å². The van der Waals surface area contributed by atoms with Crippen molar-refractivity contribution in [3.8, 4) is 0 Å². The van der Waals surface area contributed by atoms with Crippen LogP contribution < -0.4 is 5.43 Å². The second kappa shape index (κ2) is 7.10. The number of hydrogen-bond acceptors (Lipinski definition) is 4. The maximum absolute atomic E-state index is 14.0. The molecule has 1 aromatic heterocycles. The van der Waals surface area contributed by atoms with Crippen LogP contribution >= 0.6 is 0 Å². The molecular formula is C20H26FN3O2. The van der Waals surface area contributed by atoms with E-state index in [1.54, 1.807) is 18.2 Å². The zero-order valence-electron chi connectivity index (χ0n) is 15.0. The van der Waals surface area contributed by atoms with E-state index in [4.69, 9.17) is 0 Å². The summed E-state index contributed by atoms with van der Waals surface area (Å²) in [5.74, 6) is -0.403. The minimum absolute atomic E-state index is 0.157. The van der Waals surface area contributed by atoms with Crippen molar-refractivity contribution in [3.05, 3.63) is 46.0 Å². The predicted molar refractivity (Wildman–Crippen MR) is 99.7 cm³/mol. The number of aromatic amines is 1. The van der Waals surface area contributed by atoms with Gasteiger partial charge in [0.05, 0.1) is 11.1 Å². The van der Waals surface area contributed by atoms with Crippen LogP contribution in [0.15, 0.2) is 29.1 Å². The van der Waals surface area contributed by atoms with E-state index >= 15 is 0 Å². The van der Waals surface area contributed by atoms with Crippen LogP contribution in [0.4, 0.5) is 4.39 Å². The van der Waals surface area contributed by atoms with Gasteiger partial charge in [0.15, 0.2) is 5.43 Å². The van der Waals surface area contributed by atoms with E-state index in [0.717, 1.165) is 51.3 Å². The normalized spacial score (nSPS) is 21.5. The Morgan fingerprint density at radius 3 is 2.58 bits per heavy atom. The lowest BCUT2D eigenvalue weighted by molar-refractivity contribution is -0.0432. The van der Waals surface area contributed by atoms with Gasteiger partial charge in [-0.25, -0.2) is 4.39 Å². The number of likely N-dealkylation sites (tertiary alicyclic amines) is 2. The van der Waals surface area contributed by atoms with Gasteiger partial charge in [-0.2, -0.15) is 0 Å². The number of halogens is 1. The Labute approximate surface area is 152 Å². The van der Waals surface area contributed by atoms with Crippen LogP contribution in [-0.4, -0.2) is 58.2 Å². The van der Waals surface area contributed by atoms with Gasteiger partial charge in [0.1, 0.15) is 5.82 Å². The van der Waals surface area contributed by atoms with Gasteiger partial charge in [0.25, 0.3) is 0 Å². The summed E-state index contributed by atoms with van der Waals surface area (Å²) in [7, 11) is 0. The largest absolute Gasteiger partial charge is 0.388 e. The smallest absolute Gasteiger partial charge is 0.189 e. The number of hydrogen-bond donors (Lipinski definition) is 2. The van der Waals surface area contributed by atoms with Crippen molar-refractivity contribution in [2.24, 2.45) is 0 Å². The molecule has 3 heterocycles. The van der Waals surface area contributed by atoms with Gasteiger partial charge in [-0.3, -0.25) is 9.69 Å².